The zero-order chi connectivity index (χ0) is 25.9. The van der Waals surface area contributed by atoms with Gasteiger partial charge in [0.05, 0.1) is 6.04 Å². The van der Waals surface area contributed by atoms with Gasteiger partial charge in [0.1, 0.15) is 5.65 Å². The van der Waals surface area contributed by atoms with Crippen LogP contribution < -0.4 is 10.9 Å². The van der Waals surface area contributed by atoms with Crippen LogP contribution in [0.15, 0.2) is 60.0 Å². The van der Waals surface area contributed by atoms with E-state index in [-0.39, 0.29) is 17.5 Å². The number of benzene rings is 1. The number of piperazine rings is 1. The van der Waals surface area contributed by atoms with Crippen LogP contribution in [-0.4, -0.2) is 56.4 Å². The maximum absolute atomic E-state index is 12.2. The van der Waals surface area contributed by atoms with E-state index in [1.165, 1.54) is 30.9 Å². The van der Waals surface area contributed by atoms with Gasteiger partial charge in [-0.05, 0) is 49.5 Å². The highest BCUT2D eigenvalue weighted by molar-refractivity contribution is 5.87. The van der Waals surface area contributed by atoms with E-state index >= 15 is 0 Å². The molecule has 8 nitrogen and oxygen atoms in total. The van der Waals surface area contributed by atoms with Gasteiger partial charge in [-0.3, -0.25) is 19.1 Å². The minimum absolute atomic E-state index is 0.00681. The molecule has 1 aliphatic carbocycles. The molecule has 37 heavy (non-hydrogen) atoms. The molecule has 1 amide bonds. The zero-order valence-electron chi connectivity index (χ0n) is 21.8. The number of rotatable bonds is 9. The van der Waals surface area contributed by atoms with Crippen LogP contribution in [0.5, 0.6) is 0 Å². The predicted octanol–water partition coefficient (Wildman–Crippen LogP) is 4.16. The van der Waals surface area contributed by atoms with E-state index in [9.17, 15) is 9.59 Å². The molecule has 1 aromatic carbocycles. The summed E-state index contributed by atoms with van der Waals surface area (Å²) in [6.07, 6.45) is 6.99. The first-order chi connectivity index (χ1) is 18.0. The van der Waals surface area contributed by atoms with Crippen molar-refractivity contribution in [3.05, 3.63) is 76.7 Å². The minimum Gasteiger partial charge on any atom is -0.348 e. The Hall–Kier alpha value is -3.52. The van der Waals surface area contributed by atoms with Crippen LogP contribution in [0.4, 0.5) is 5.95 Å². The molecular weight excluding hydrogens is 464 g/mol. The molecule has 8 heteroatoms. The Morgan fingerprint density at radius 2 is 1.81 bits per heavy atom. The van der Waals surface area contributed by atoms with Crippen molar-refractivity contribution < 1.29 is 4.79 Å². The van der Waals surface area contributed by atoms with Gasteiger partial charge in [-0.15, -0.1) is 0 Å². The van der Waals surface area contributed by atoms with Gasteiger partial charge in [-0.1, -0.05) is 43.7 Å². The number of hydrogen-bond acceptors (Lipinski definition) is 6. The molecule has 1 saturated heterocycles. The van der Waals surface area contributed by atoms with Crippen LogP contribution in [0, 0.1) is 5.92 Å². The van der Waals surface area contributed by atoms with Crippen molar-refractivity contribution in [3.8, 4) is 0 Å². The summed E-state index contributed by atoms with van der Waals surface area (Å²) >= 11 is 0. The number of aryl methyl sites for hydroxylation is 1. The number of fused-ring (bicyclic) bond motifs is 1. The van der Waals surface area contributed by atoms with Crippen LogP contribution in [0.1, 0.15) is 56.3 Å². The van der Waals surface area contributed by atoms with Gasteiger partial charge < -0.3 is 10.2 Å². The smallest absolute Gasteiger partial charge is 0.252 e. The molecule has 2 aliphatic rings. The average Bonchev–Trinajstić information content (AvgIpc) is 3.76. The standard InChI is InChI=1S/C29H36N6O2/c1-4-26(36)34-16-14-33(15-17-34)25(18-21-6-7-21)23-10-8-22(9-11-23)20(3)31-29-30-19-24-12-13-27(37)35(5-2)28(24)32-29/h4,8-13,19-21,25H,1,5-7,14-18H2,2-3H3,(H,30,31,32). The lowest BCUT2D eigenvalue weighted by Crippen LogP contribution is -2.49. The molecule has 5 rings (SSSR count). The van der Waals surface area contributed by atoms with E-state index in [1.54, 1.807) is 22.9 Å². The summed E-state index contributed by atoms with van der Waals surface area (Å²) in [4.78, 5) is 37.8. The number of pyridine rings is 1. The Morgan fingerprint density at radius 1 is 1.11 bits per heavy atom. The second-order valence-corrected chi connectivity index (χ2v) is 10.2. The molecular formula is C29H36N6O2. The van der Waals surface area contributed by atoms with E-state index < -0.39 is 0 Å². The largest absolute Gasteiger partial charge is 0.348 e. The predicted molar refractivity (Wildman–Crippen MR) is 146 cm³/mol. The van der Waals surface area contributed by atoms with Crippen LogP contribution in [-0.2, 0) is 11.3 Å². The van der Waals surface area contributed by atoms with E-state index in [4.69, 9.17) is 0 Å². The molecule has 2 unspecified atom stereocenters. The molecule has 2 fully saturated rings. The molecule has 3 heterocycles. The highest BCUT2D eigenvalue weighted by Gasteiger charge is 2.32. The van der Waals surface area contributed by atoms with Crippen molar-refractivity contribution in [2.24, 2.45) is 5.92 Å². The Kier molecular flexibility index (Phi) is 7.37. The topological polar surface area (TPSA) is 83.4 Å². The summed E-state index contributed by atoms with van der Waals surface area (Å²) < 4.78 is 1.66. The summed E-state index contributed by atoms with van der Waals surface area (Å²) in [6.45, 7) is 11.5. The number of aromatic nitrogens is 3. The average molecular weight is 501 g/mol. The molecule has 3 aromatic rings. The van der Waals surface area contributed by atoms with E-state index in [2.05, 4.69) is 58.0 Å². The summed E-state index contributed by atoms with van der Waals surface area (Å²) in [5, 5.41) is 4.25. The SMILES string of the molecule is C=CC(=O)N1CCN(C(CC2CC2)c2ccc(C(C)Nc3ncc4ccc(=O)n(CC)c4n3)cc2)CC1. The first-order valence-electron chi connectivity index (χ1n) is 13.3. The number of anilines is 1. The molecule has 2 aromatic heterocycles. The molecule has 2 atom stereocenters. The van der Waals surface area contributed by atoms with Gasteiger partial charge in [-0.2, -0.15) is 4.98 Å². The van der Waals surface area contributed by atoms with E-state index in [0.29, 0.717) is 24.2 Å². The highest BCUT2D eigenvalue weighted by atomic mass is 16.2. The van der Waals surface area contributed by atoms with Gasteiger partial charge in [0.25, 0.3) is 5.56 Å². The van der Waals surface area contributed by atoms with Gasteiger partial charge in [0.15, 0.2) is 0 Å². The lowest BCUT2D eigenvalue weighted by molar-refractivity contribution is -0.128. The van der Waals surface area contributed by atoms with Crippen LogP contribution in [0.2, 0.25) is 0 Å². The maximum Gasteiger partial charge on any atom is 0.252 e. The van der Waals surface area contributed by atoms with Crippen LogP contribution in [0.25, 0.3) is 11.0 Å². The van der Waals surface area contributed by atoms with E-state index in [1.807, 2.05) is 11.8 Å². The van der Waals surface area contributed by atoms with Crippen LogP contribution >= 0.6 is 0 Å². The van der Waals surface area contributed by atoms with Crippen molar-refractivity contribution in [2.45, 2.75) is 51.7 Å². The third-order valence-electron chi connectivity index (χ3n) is 7.70. The third-order valence-corrected chi connectivity index (χ3v) is 7.70. The number of carbonyl (C=O) groups excluding carboxylic acids is 1. The first-order valence-corrected chi connectivity index (χ1v) is 13.3. The summed E-state index contributed by atoms with van der Waals surface area (Å²) in [6, 6.07) is 12.6. The van der Waals surface area contributed by atoms with Gasteiger partial charge in [-0.25, -0.2) is 4.98 Å². The molecule has 0 bridgehead atoms. The second kappa shape index (κ2) is 10.8. The Labute approximate surface area is 218 Å². The lowest BCUT2D eigenvalue weighted by atomic mass is 9.96. The zero-order valence-corrected chi connectivity index (χ0v) is 21.8. The van der Waals surface area contributed by atoms with Gasteiger partial charge in [0.2, 0.25) is 11.9 Å². The Morgan fingerprint density at radius 3 is 2.46 bits per heavy atom. The lowest BCUT2D eigenvalue weighted by Gasteiger charge is -2.39. The third kappa shape index (κ3) is 5.59. The fourth-order valence-corrected chi connectivity index (χ4v) is 5.28. The van der Waals surface area contributed by atoms with Gasteiger partial charge >= 0.3 is 0 Å². The maximum atomic E-state index is 12.2. The van der Waals surface area contributed by atoms with Gasteiger partial charge in [0, 0.05) is 56.4 Å². The molecule has 0 radical (unpaired) electrons. The number of carbonyl (C=O) groups is 1. The molecule has 194 valence electrons. The van der Waals surface area contributed by atoms with Crippen molar-refractivity contribution >= 4 is 22.9 Å². The van der Waals surface area contributed by atoms with Crippen molar-refractivity contribution in [2.75, 3.05) is 31.5 Å². The normalized spacial score (nSPS) is 17.9. The molecule has 1 aliphatic heterocycles. The fraction of sp³-hybridized carbons (Fsp3) is 0.448. The van der Waals surface area contributed by atoms with Crippen molar-refractivity contribution in [3.63, 3.8) is 0 Å². The molecule has 0 spiro atoms. The van der Waals surface area contributed by atoms with Crippen molar-refractivity contribution in [1.29, 1.82) is 0 Å². The second-order valence-electron chi connectivity index (χ2n) is 10.2. The number of nitrogens with one attached hydrogen (secondary N) is 1. The first kappa shape index (κ1) is 25.1. The van der Waals surface area contributed by atoms with Crippen LogP contribution in [0.3, 0.4) is 0 Å². The molecule has 1 N–H and O–H groups in total. The summed E-state index contributed by atoms with van der Waals surface area (Å²) in [5.41, 5.74) is 3.07. The summed E-state index contributed by atoms with van der Waals surface area (Å²) in [7, 11) is 0. The number of nitrogens with zero attached hydrogens (tertiary/aromatic N) is 5. The minimum atomic E-state index is -0.0576. The fourth-order valence-electron chi connectivity index (χ4n) is 5.28. The van der Waals surface area contributed by atoms with Crippen molar-refractivity contribution in [1.82, 2.24) is 24.3 Å². The number of amides is 1. The monoisotopic (exact) mass is 500 g/mol. The Bertz CT molecular complexity index is 1320. The number of hydrogen-bond donors (Lipinski definition) is 1. The van der Waals surface area contributed by atoms with E-state index in [0.717, 1.165) is 43.0 Å². The quantitative estimate of drug-likeness (QED) is 0.445. The summed E-state index contributed by atoms with van der Waals surface area (Å²) in [5.74, 6) is 1.34. The molecule has 1 saturated carbocycles. The Balaban J connectivity index is 1.29. The highest BCUT2D eigenvalue weighted by Crippen LogP contribution is 2.40.